The molecule has 1 aromatic rings. The van der Waals surface area contributed by atoms with Crippen molar-refractivity contribution in [3.63, 3.8) is 0 Å². The summed E-state index contributed by atoms with van der Waals surface area (Å²) in [6.45, 7) is 7.14. The number of hydrogen-bond donors (Lipinski definition) is 1. The molecule has 0 heterocycles. The molecule has 2 rings (SSSR count). The molecule has 0 saturated heterocycles. The van der Waals surface area contributed by atoms with Crippen LogP contribution >= 0.6 is 0 Å². The fourth-order valence-corrected chi connectivity index (χ4v) is 3.43. The summed E-state index contributed by atoms with van der Waals surface area (Å²) in [5.41, 5.74) is 0.417. The largest absolute Gasteiger partial charge is 0.338 e. The minimum absolute atomic E-state index is 0.0977. The lowest BCUT2D eigenvalue weighted by Crippen LogP contribution is -2.33. The van der Waals surface area contributed by atoms with Gasteiger partial charge in [0.15, 0.2) is 0 Å². The first kappa shape index (κ1) is 17.7. The monoisotopic (exact) mass is 336 g/mol. The molecule has 1 amide bonds. The summed E-state index contributed by atoms with van der Waals surface area (Å²) in [5.74, 6) is 0.506. The fourth-order valence-electron chi connectivity index (χ4n) is 2.39. The number of nitrogens with one attached hydrogen (secondary N) is 1. The Balaban J connectivity index is 2.19. The third-order valence-corrected chi connectivity index (χ3v) is 5.19. The van der Waals surface area contributed by atoms with Crippen molar-refractivity contribution in [2.45, 2.75) is 31.1 Å². The lowest BCUT2D eigenvalue weighted by molar-refractivity contribution is 0.0747. The molecule has 0 aromatic heterocycles. The summed E-state index contributed by atoms with van der Waals surface area (Å²) >= 11 is 0. The second-order valence-corrected chi connectivity index (χ2v) is 7.63. The molecule has 0 atom stereocenters. The first-order chi connectivity index (χ1) is 11.0. The number of sulfonamides is 1. The van der Waals surface area contributed by atoms with E-state index in [4.69, 9.17) is 0 Å². The van der Waals surface area contributed by atoms with Crippen LogP contribution < -0.4 is 4.72 Å². The molecular weight excluding hydrogens is 312 g/mol. The van der Waals surface area contributed by atoms with Gasteiger partial charge < -0.3 is 4.90 Å². The highest BCUT2D eigenvalue weighted by Crippen LogP contribution is 2.30. The zero-order chi connectivity index (χ0) is 16.9. The van der Waals surface area contributed by atoms with Crippen LogP contribution in [0, 0.1) is 5.92 Å². The minimum atomic E-state index is -3.62. The predicted molar refractivity (Wildman–Crippen MR) is 90.7 cm³/mol. The Kier molecular flexibility index (Phi) is 5.96. The van der Waals surface area contributed by atoms with Gasteiger partial charge in [0.25, 0.3) is 5.91 Å². The van der Waals surface area contributed by atoms with E-state index in [0.29, 0.717) is 18.0 Å². The molecule has 0 unspecified atom stereocenters. The molecule has 23 heavy (non-hydrogen) atoms. The van der Waals surface area contributed by atoms with Crippen LogP contribution in [0.4, 0.5) is 0 Å². The van der Waals surface area contributed by atoms with Gasteiger partial charge in [0.1, 0.15) is 0 Å². The van der Waals surface area contributed by atoms with Gasteiger partial charge in [-0.1, -0.05) is 19.1 Å². The van der Waals surface area contributed by atoms with Gasteiger partial charge in [-0.25, -0.2) is 13.1 Å². The second kappa shape index (κ2) is 7.75. The van der Waals surface area contributed by atoms with Gasteiger partial charge in [-0.3, -0.25) is 4.79 Å². The summed E-state index contributed by atoms with van der Waals surface area (Å²) in [6, 6.07) is 6.22. The summed E-state index contributed by atoms with van der Waals surface area (Å²) in [5, 5.41) is 0. The number of carbonyl (C=O) groups is 1. The van der Waals surface area contributed by atoms with Crippen LogP contribution in [0.3, 0.4) is 0 Å². The zero-order valence-electron chi connectivity index (χ0n) is 13.5. The Labute approximate surface area is 138 Å². The number of nitrogens with zero attached hydrogens (tertiary/aromatic N) is 1. The molecule has 1 saturated carbocycles. The Hall–Kier alpha value is -1.66. The highest BCUT2D eigenvalue weighted by Gasteiger charge is 2.27. The number of carbonyl (C=O) groups excluding carboxylic acids is 1. The van der Waals surface area contributed by atoms with E-state index >= 15 is 0 Å². The van der Waals surface area contributed by atoms with Crippen LogP contribution in [0.15, 0.2) is 41.8 Å². The molecule has 1 aliphatic rings. The quantitative estimate of drug-likeness (QED) is 0.704. The van der Waals surface area contributed by atoms with Crippen molar-refractivity contribution in [1.29, 1.82) is 0 Å². The average Bonchev–Trinajstić information content (AvgIpc) is 3.36. The van der Waals surface area contributed by atoms with Crippen molar-refractivity contribution in [2.24, 2.45) is 5.92 Å². The Bertz CT molecular complexity index is 666. The third-order valence-electron chi connectivity index (χ3n) is 3.77. The number of hydrogen-bond acceptors (Lipinski definition) is 3. The van der Waals surface area contributed by atoms with Crippen LogP contribution in [0.25, 0.3) is 0 Å². The molecule has 6 heteroatoms. The number of rotatable bonds is 9. The van der Waals surface area contributed by atoms with E-state index < -0.39 is 10.0 Å². The maximum absolute atomic E-state index is 12.7. The van der Waals surface area contributed by atoms with Gasteiger partial charge >= 0.3 is 0 Å². The van der Waals surface area contributed by atoms with Crippen LogP contribution in [0.2, 0.25) is 0 Å². The van der Waals surface area contributed by atoms with E-state index in [0.717, 1.165) is 13.0 Å². The van der Waals surface area contributed by atoms with Crippen molar-refractivity contribution in [1.82, 2.24) is 9.62 Å². The second-order valence-electron chi connectivity index (χ2n) is 5.86. The molecule has 126 valence electrons. The topological polar surface area (TPSA) is 66.5 Å². The fraction of sp³-hybridized carbons (Fsp3) is 0.471. The van der Waals surface area contributed by atoms with E-state index in [-0.39, 0.29) is 17.3 Å². The van der Waals surface area contributed by atoms with Crippen molar-refractivity contribution >= 4 is 15.9 Å². The van der Waals surface area contributed by atoms with Crippen molar-refractivity contribution in [3.8, 4) is 0 Å². The van der Waals surface area contributed by atoms with Crippen molar-refractivity contribution < 1.29 is 13.2 Å². The van der Waals surface area contributed by atoms with E-state index in [1.807, 2.05) is 11.8 Å². The summed E-state index contributed by atoms with van der Waals surface area (Å²) in [7, 11) is -3.62. The predicted octanol–water partition coefficient (Wildman–Crippen LogP) is 2.41. The third kappa shape index (κ3) is 4.91. The standard InChI is InChI=1S/C17H24N2O3S/c1-3-10-18-23(21,22)16-7-5-6-15(12-16)17(20)19(11-4-2)13-14-8-9-14/h3,5-7,12,14,18H,1,4,8-11,13H2,2H3. The van der Waals surface area contributed by atoms with Crippen LogP contribution in [-0.2, 0) is 10.0 Å². The highest BCUT2D eigenvalue weighted by molar-refractivity contribution is 7.89. The molecular formula is C17H24N2O3S. The molecule has 0 aliphatic heterocycles. The van der Waals surface area contributed by atoms with E-state index in [2.05, 4.69) is 11.3 Å². The molecule has 0 spiro atoms. The van der Waals surface area contributed by atoms with Gasteiger partial charge in [-0.05, 0) is 43.4 Å². The van der Waals surface area contributed by atoms with Crippen LogP contribution in [0.5, 0.6) is 0 Å². The number of amides is 1. The molecule has 0 bridgehead atoms. The van der Waals surface area contributed by atoms with Crippen LogP contribution in [-0.4, -0.2) is 38.9 Å². The smallest absolute Gasteiger partial charge is 0.253 e. The summed E-state index contributed by atoms with van der Waals surface area (Å²) in [4.78, 5) is 14.6. The number of benzene rings is 1. The minimum Gasteiger partial charge on any atom is -0.338 e. The van der Waals surface area contributed by atoms with E-state index in [9.17, 15) is 13.2 Å². The van der Waals surface area contributed by atoms with Gasteiger partial charge in [0, 0.05) is 25.2 Å². The van der Waals surface area contributed by atoms with Crippen molar-refractivity contribution in [3.05, 3.63) is 42.5 Å². The average molecular weight is 336 g/mol. The van der Waals surface area contributed by atoms with Crippen LogP contribution in [0.1, 0.15) is 36.5 Å². The van der Waals surface area contributed by atoms with E-state index in [1.54, 1.807) is 12.1 Å². The highest BCUT2D eigenvalue weighted by atomic mass is 32.2. The van der Waals surface area contributed by atoms with Crippen molar-refractivity contribution in [2.75, 3.05) is 19.6 Å². The van der Waals surface area contributed by atoms with Gasteiger partial charge in [0.05, 0.1) is 4.90 Å². The molecule has 5 nitrogen and oxygen atoms in total. The Morgan fingerprint density at radius 2 is 2.17 bits per heavy atom. The molecule has 1 N–H and O–H groups in total. The first-order valence-corrected chi connectivity index (χ1v) is 9.46. The molecule has 1 fully saturated rings. The summed E-state index contributed by atoms with van der Waals surface area (Å²) in [6.07, 6.45) is 4.71. The Morgan fingerprint density at radius 1 is 1.43 bits per heavy atom. The SMILES string of the molecule is C=CCNS(=O)(=O)c1cccc(C(=O)N(CCC)CC2CC2)c1. The van der Waals surface area contributed by atoms with E-state index in [1.165, 1.54) is 31.1 Å². The van der Waals surface area contributed by atoms with Gasteiger partial charge in [-0.15, -0.1) is 6.58 Å². The first-order valence-electron chi connectivity index (χ1n) is 7.98. The lowest BCUT2D eigenvalue weighted by Gasteiger charge is -2.22. The van der Waals surface area contributed by atoms with Gasteiger partial charge in [-0.2, -0.15) is 0 Å². The normalized spacial score (nSPS) is 14.5. The Morgan fingerprint density at radius 3 is 2.78 bits per heavy atom. The molecule has 0 radical (unpaired) electrons. The molecule has 1 aromatic carbocycles. The van der Waals surface area contributed by atoms with Gasteiger partial charge in [0.2, 0.25) is 10.0 Å². The maximum atomic E-state index is 12.7. The zero-order valence-corrected chi connectivity index (χ0v) is 14.3. The lowest BCUT2D eigenvalue weighted by atomic mass is 10.2. The molecule has 1 aliphatic carbocycles. The maximum Gasteiger partial charge on any atom is 0.253 e. The summed E-state index contributed by atoms with van der Waals surface area (Å²) < 4.78 is 26.7.